The highest BCUT2D eigenvalue weighted by atomic mass is 32.1. The molecule has 1 saturated heterocycles. The Morgan fingerprint density at radius 3 is 3.00 bits per heavy atom. The summed E-state index contributed by atoms with van der Waals surface area (Å²) >= 11 is 1.63. The standard InChI is InChI=1S/C18H23N7S/c1-23(2)16-8-19-9-17(22-16)24-6-3-4-14(10-24)18-20-5-7-25(18)11-15-12-26-13-21-15/h5,7-9,12-14H,3-4,6,10-11H2,1-2H3/t14-/m0/s1. The van der Waals surface area contributed by atoms with Crippen LogP contribution in [0.25, 0.3) is 0 Å². The summed E-state index contributed by atoms with van der Waals surface area (Å²) in [5.74, 6) is 3.36. The van der Waals surface area contributed by atoms with Crippen molar-refractivity contribution in [2.75, 3.05) is 37.0 Å². The van der Waals surface area contributed by atoms with Crippen molar-refractivity contribution in [2.45, 2.75) is 25.3 Å². The van der Waals surface area contributed by atoms with E-state index < -0.39 is 0 Å². The van der Waals surface area contributed by atoms with Gasteiger partial charge in [0.1, 0.15) is 17.5 Å². The van der Waals surface area contributed by atoms with Crippen LogP contribution in [0.5, 0.6) is 0 Å². The largest absolute Gasteiger partial charge is 0.361 e. The fourth-order valence-electron chi connectivity index (χ4n) is 3.41. The minimum atomic E-state index is 0.391. The zero-order valence-electron chi connectivity index (χ0n) is 15.1. The van der Waals surface area contributed by atoms with E-state index in [-0.39, 0.29) is 0 Å². The Hall–Kier alpha value is -2.48. The SMILES string of the molecule is CN(C)c1cncc(N2CCC[C@H](c3nccn3Cc3cscn3)C2)n1. The molecule has 3 aromatic rings. The molecule has 0 saturated carbocycles. The Kier molecular flexibility index (Phi) is 4.83. The second-order valence-electron chi connectivity index (χ2n) is 6.81. The fraction of sp³-hybridized carbons (Fsp3) is 0.444. The monoisotopic (exact) mass is 369 g/mol. The first-order valence-corrected chi connectivity index (χ1v) is 9.77. The lowest BCUT2D eigenvalue weighted by Crippen LogP contribution is -2.36. The Bertz CT molecular complexity index is 843. The summed E-state index contributed by atoms with van der Waals surface area (Å²) in [6, 6.07) is 0. The molecule has 8 heteroatoms. The van der Waals surface area contributed by atoms with Crippen LogP contribution in [0.4, 0.5) is 11.6 Å². The zero-order valence-corrected chi connectivity index (χ0v) is 15.9. The summed E-state index contributed by atoms with van der Waals surface area (Å²) in [5, 5.41) is 2.10. The van der Waals surface area contributed by atoms with Gasteiger partial charge < -0.3 is 14.4 Å². The molecule has 3 aromatic heterocycles. The van der Waals surface area contributed by atoms with E-state index in [1.165, 1.54) is 0 Å². The maximum absolute atomic E-state index is 4.75. The van der Waals surface area contributed by atoms with Gasteiger partial charge in [-0.25, -0.2) is 15.0 Å². The molecular weight excluding hydrogens is 346 g/mol. The summed E-state index contributed by atoms with van der Waals surface area (Å²) in [5.41, 5.74) is 2.97. The van der Waals surface area contributed by atoms with Gasteiger partial charge in [-0.15, -0.1) is 11.3 Å². The van der Waals surface area contributed by atoms with E-state index in [1.807, 2.05) is 36.9 Å². The van der Waals surface area contributed by atoms with Gasteiger partial charge in [0.2, 0.25) is 0 Å². The molecule has 7 nitrogen and oxygen atoms in total. The lowest BCUT2D eigenvalue weighted by Gasteiger charge is -2.33. The van der Waals surface area contributed by atoms with Gasteiger partial charge >= 0.3 is 0 Å². The third kappa shape index (κ3) is 3.55. The van der Waals surface area contributed by atoms with Gasteiger partial charge in [0.15, 0.2) is 0 Å². The van der Waals surface area contributed by atoms with E-state index in [2.05, 4.69) is 36.0 Å². The van der Waals surface area contributed by atoms with Crippen LogP contribution in [0.1, 0.15) is 30.3 Å². The van der Waals surface area contributed by atoms with Crippen molar-refractivity contribution in [3.05, 3.63) is 47.2 Å². The van der Waals surface area contributed by atoms with E-state index in [1.54, 1.807) is 17.5 Å². The summed E-state index contributed by atoms with van der Waals surface area (Å²) in [6.45, 7) is 2.71. The number of imidazole rings is 1. The van der Waals surface area contributed by atoms with Crippen LogP contribution in [-0.4, -0.2) is 51.7 Å². The smallest absolute Gasteiger partial charge is 0.149 e. The molecule has 4 heterocycles. The number of hydrogen-bond acceptors (Lipinski definition) is 7. The molecule has 1 fully saturated rings. The molecule has 0 spiro atoms. The van der Waals surface area contributed by atoms with Crippen LogP contribution in [0, 0.1) is 0 Å². The van der Waals surface area contributed by atoms with E-state index in [9.17, 15) is 0 Å². The number of thiazole rings is 1. The average Bonchev–Trinajstić information content (AvgIpc) is 3.34. The van der Waals surface area contributed by atoms with Crippen LogP contribution in [0.2, 0.25) is 0 Å². The molecule has 0 bridgehead atoms. The molecule has 0 N–H and O–H groups in total. The zero-order chi connectivity index (χ0) is 17.9. The molecule has 1 atom stereocenters. The van der Waals surface area contributed by atoms with Gasteiger partial charge in [0, 0.05) is 50.9 Å². The first-order chi connectivity index (χ1) is 12.7. The molecule has 1 aliphatic rings. The minimum absolute atomic E-state index is 0.391. The first kappa shape index (κ1) is 17.0. The number of nitrogens with zero attached hydrogens (tertiary/aromatic N) is 7. The fourth-order valence-corrected chi connectivity index (χ4v) is 3.96. The van der Waals surface area contributed by atoms with E-state index in [0.717, 1.165) is 55.6 Å². The molecule has 4 rings (SSSR count). The summed E-state index contributed by atoms with van der Waals surface area (Å²) in [4.78, 5) is 22.5. The molecule has 136 valence electrons. The van der Waals surface area contributed by atoms with E-state index in [4.69, 9.17) is 4.98 Å². The molecule has 26 heavy (non-hydrogen) atoms. The molecule has 0 aromatic carbocycles. The number of anilines is 2. The second-order valence-corrected chi connectivity index (χ2v) is 7.53. The number of rotatable bonds is 5. The quantitative estimate of drug-likeness (QED) is 0.689. The highest BCUT2D eigenvalue weighted by Crippen LogP contribution is 2.29. The van der Waals surface area contributed by atoms with Crippen LogP contribution in [-0.2, 0) is 6.54 Å². The average molecular weight is 369 g/mol. The van der Waals surface area contributed by atoms with Crippen molar-refractivity contribution >= 4 is 23.0 Å². The molecule has 0 aliphatic carbocycles. The minimum Gasteiger partial charge on any atom is -0.361 e. The Morgan fingerprint density at radius 1 is 1.27 bits per heavy atom. The number of piperidine rings is 1. The molecule has 0 unspecified atom stereocenters. The Balaban J connectivity index is 1.53. The van der Waals surface area contributed by atoms with Crippen LogP contribution < -0.4 is 9.80 Å². The van der Waals surface area contributed by atoms with Gasteiger partial charge in [-0.2, -0.15) is 0 Å². The van der Waals surface area contributed by atoms with Crippen molar-refractivity contribution in [2.24, 2.45) is 0 Å². The predicted molar refractivity (Wildman–Crippen MR) is 104 cm³/mol. The molecule has 1 aliphatic heterocycles. The maximum Gasteiger partial charge on any atom is 0.149 e. The summed E-state index contributed by atoms with van der Waals surface area (Å²) in [7, 11) is 3.98. The van der Waals surface area contributed by atoms with E-state index in [0.29, 0.717) is 5.92 Å². The van der Waals surface area contributed by atoms with Gasteiger partial charge in [-0.3, -0.25) is 4.98 Å². The third-order valence-electron chi connectivity index (χ3n) is 4.74. The van der Waals surface area contributed by atoms with Gasteiger partial charge in [0.25, 0.3) is 0 Å². The predicted octanol–water partition coefficient (Wildman–Crippen LogP) is 2.63. The maximum atomic E-state index is 4.75. The molecule has 0 amide bonds. The van der Waals surface area contributed by atoms with Crippen LogP contribution in [0.3, 0.4) is 0 Å². The normalized spacial score (nSPS) is 17.5. The Morgan fingerprint density at radius 2 is 2.19 bits per heavy atom. The van der Waals surface area contributed by atoms with Crippen LogP contribution in [0.15, 0.2) is 35.7 Å². The van der Waals surface area contributed by atoms with Gasteiger partial charge in [-0.05, 0) is 12.8 Å². The Labute approximate surface area is 157 Å². The van der Waals surface area contributed by atoms with Crippen molar-refractivity contribution in [1.82, 2.24) is 24.5 Å². The van der Waals surface area contributed by atoms with Crippen molar-refractivity contribution < 1.29 is 0 Å². The van der Waals surface area contributed by atoms with Crippen molar-refractivity contribution in [3.8, 4) is 0 Å². The topological polar surface area (TPSA) is 63.0 Å². The molecule has 0 radical (unpaired) electrons. The van der Waals surface area contributed by atoms with Crippen molar-refractivity contribution in [1.29, 1.82) is 0 Å². The van der Waals surface area contributed by atoms with Crippen molar-refractivity contribution in [3.63, 3.8) is 0 Å². The second kappa shape index (κ2) is 7.41. The lowest BCUT2D eigenvalue weighted by molar-refractivity contribution is 0.473. The number of hydrogen-bond donors (Lipinski definition) is 0. The highest BCUT2D eigenvalue weighted by molar-refractivity contribution is 7.07. The number of aromatic nitrogens is 5. The van der Waals surface area contributed by atoms with Crippen LogP contribution >= 0.6 is 11.3 Å². The van der Waals surface area contributed by atoms with Gasteiger partial charge in [-0.1, -0.05) is 0 Å². The summed E-state index contributed by atoms with van der Waals surface area (Å²) in [6.07, 6.45) is 9.88. The third-order valence-corrected chi connectivity index (χ3v) is 5.38. The first-order valence-electron chi connectivity index (χ1n) is 8.83. The van der Waals surface area contributed by atoms with E-state index >= 15 is 0 Å². The van der Waals surface area contributed by atoms with Gasteiger partial charge in [0.05, 0.1) is 30.1 Å². The highest BCUT2D eigenvalue weighted by Gasteiger charge is 2.26. The summed E-state index contributed by atoms with van der Waals surface area (Å²) < 4.78 is 2.23. The molecular formula is C18H23N7S. The lowest BCUT2D eigenvalue weighted by atomic mass is 9.97.